The number of hydrogen-bond donors (Lipinski definition) is 0. The predicted octanol–water partition coefficient (Wildman–Crippen LogP) is 14.9. The van der Waals surface area contributed by atoms with Crippen molar-refractivity contribution < 1.29 is 8.83 Å². The summed E-state index contributed by atoms with van der Waals surface area (Å²) in [6.07, 6.45) is -0.297. The lowest BCUT2D eigenvalue weighted by Crippen LogP contribution is -2.35. The standard InChI is InChI=1S/C58H36N4O2/c1-61-57(34-12-3-2-4-13-34)59-56(45-20-11-19-44-43-18-9-10-21-51(43)64-55(44)45)60-58(61)40-22-25-42-39(28-40)23-26-53-54(42)48-33-41(24-27-52(48)63-53)62-49-31-37-16-7-5-14-35(37)29-46(49)47-30-36-15-6-8-17-38(36)32-50(47)62/h2-33,57H,1H3. The van der Waals surface area contributed by atoms with Crippen molar-refractivity contribution in [3.05, 3.63) is 211 Å². The lowest BCUT2D eigenvalue weighted by Gasteiger charge is -2.32. The van der Waals surface area contributed by atoms with Crippen LogP contribution in [0.15, 0.2) is 213 Å². The van der Waals surface area contributed by atoms with Gasteiger partial charge >= 0.3 is 0 Å². The van der Waals surface area contributed by atoms with E-state index in [1.165, 1.54) is 43.4 Å². The number of hydrogen-bond acceptors (Lipinski definition) is 5. The lowest BCUT2D eigenvalue weighted by atomic mass is 10.00. The minimum absolute atomic E-state index is 0.297. The molecule has 14 rings (SSSR count). The van der Waals surface area contributed by atoms with Crippen molar-refractivity contribution in [1.82, 2.24) is 9.47 Å². The number of benzene rings is 10. The fourth-order valence-electron chi connectivity index (χ4n) is 10.3. The largest absolute Gasteiger partial charge is 0.456 e. The summed E-state index contributed by atoms with van der Waals surface area (Å²) in [5.41, 5.74) is 9.74. The first-order valence-corrected chi connectivity index (χ1v) is 21.7. The number of amidine groups is 2. The third-order valence-electron chi connectivity index (χ3n) is 13.4. The van der Waals surface area contributed by atoms with Crippen LogP contribution in [0.3, 0.4) is 0 Å². The Morgan fingerprint density at radius 1 is 0.453 bits per heavy atom. The highest BCUT2D eigenvalue weighted by molar-refractivity contribution is 6.23. The van der Waals surface area contributed by atoms with Gasteiger partial charge in [0.25, 0.3) is 0 Å². The van der Waals surface area contributed by atoms with E-state index in [9.17, 15) is 0 Å². The van der Waals surface area contributed by atoms with Crippen molar-refractivity contribution in [2.45, 2.75) is 6.17 Å². The monoisotopic (exact) mass is 820 g/mol. The topological polar surface area (TPSA) is 59.2 Å². The third-order valence-corrected chi connectivity index (χ3v) is 13.4. The van der Waals surface area contributed by atoms with E-state index in [4.69, 9.17) is 18.8 Å². The smallest absolute Gasteiger partial charge is 0.163 e. The molecule has 6 nitrogen and oxygen atoms in total. The Hall–Kier alpha value is -8.48. The van der Waals surface area contributed by atoms with E-state index >= 15 is 0 Å². The molecule has 0 aliphatic carbocycles. The van der Waals surface area contributed by atoms with Gasteiger partial charge in [0, 0.05) is 50.6 Å². The Bertz CT molecular complexity index is 4080. The van der Waals surface area contributed by atoms with Crippen molar-refractivity contribution >= 4 is 110 Å². The Balaban J connectivity index is 0.945. The zero-order valence-corrected chi connectivity index (χ0v) is 34.7. The number of rotatable bonds is 4. The van der Waals surface area contributed by atoms with Crippen molar-refractivity contribution in [2.24, 2.45) is 9.98 Å². The van der Waals surface area contributed by atoms with Crippen LogP contribution in [0.2, 0.25) is 0 Å². The first kappa shape index (κ1) is 35.2. The Morgan fingerprint density at radius 2 is 1.11 bits per heavy atom. The van der Waals surface area contributed by atoms with Crippen molar-refractivity contribution in [3.63, 3.8) is 0 Å². The number of para-hydroxylation sites is 2. The minimum atomic E-state index is -0.297. The molecule has 0 bridgehead atoms. The lowest BCUT2D eigenvalue weighted by molar-refractivity contribution is 0.383. The van der Waals surface area contributed by atoms with Gasteiger partial charge in [-0.15, -0.1) is 0 Å². The summed E-state index contributed by atoms with van der Waals surface area (Å²) in [6.45, 7) is 0. The molecule has 64 heavy (non-hydrogen) atoms. The summed E-state index contributed by atoms with van der Waals surface area (Å²) in [5.74, 6) is 1.47. The van der Waals surface area contributed by atoms with Gasteiger partial charge in [0.2, 0.25) is 0 Å². The molecule has 0 saturated heterocycles. The fraction of sp³-hybridized carbons (Fsp3) is 0.0345. The summed E-state index contributed by atoms with van der Waals surface area (Å²) < 4.78 is 15.5. The van der Waals surface area contributed by atoms with Crippen LogP contribution in [0.5, 0.6) is 0 Å². The van der Waals surface area contributed by atoms with E-state index in [-0.39, 0.29) is 6.17 Å². The van der Waals surface area contributed by atoms with Crippen LogP contribution in [-0.4, -0.2) is 28.2 Å². The average Bonchev–Trinajstić information content (AvgIpc) is 4.02. The molecule has 0 N–H and O–H groups in total. The Morgan fingerprint density at radius 3 is 1.88 bits per heavy atom. The van der Waals surface area contributed by atoms with E-state index in [0.29, 0.717) is 5.84 Å². The van der Waals surface area contributed by atoms with Crippen LogP contribution in [0.4, 0.5) is 0 Å². The van der Waals surface area contributed by atoms with Gasteiger partial charge in [-0.25, -0.2) is 9.98 Å². The van der Waals surface area contributed by atoms with Crippen LogP contribution in [0.1, 0.15) is 22.9 Å². The highest BCUT2D eigenvalue weighted by Gasteiger charge is 2.29. The van der Waals surface area contributed by atoms with Gasteiger partial charge in [-0.3, -0.25) is 0 Å². The van der Waals surface area contributed by atoms with Crippen LogP contribution in [0, 0.1) is 0 Å². The number of nitrogens with zero attached hydrogens (tertiary/aromatic N) is 4. The number of aromatic nitrogens is 1. The number of furan rings is 2. The van der Waals surface area contributed by atoms with Crippen molar-refractivity contribution in [1.29, 1.82) is 0 Å². The van der Waals surface area contributed by atoms with Crippen LogP contribution in [0.25, 0.3) is 104 Å². The molecule has 1 aliphatic heterocycles. The minimum Gasteiger partial charge on any atom is -0.456 e. The molecule has 300 valence electrons. The maximum atomic E-state index is 6.60. The van der Waals surface area contributed by atoms with Gasteiger partial charge in [0.05, 0.1) is 16.6 Å². The quantitative estimate of drug-likeness (QED) is 0.178. The molecule has 1 aliphatic rings. The van der Waals surface area contributed by atoms with E-state index in [1.807, 2.05) is 24.3 Å². The molecular formula is C58H36N4O2. The molecule has 0 saturated carbocycles. The summed E-state index contributed by atoms with van der Waals surface area (Å²) in [6, 6.07) is 69.1. The molecule has 0 amide bonds. The molecule has 3 aromatic heterocycles. The molecule has 1 atom stereocenters. The van der Waals surface area contributed by atoms with Crippen LogP contribution in [-0.2, 0) is 0 Å². The van der Waals surface area contributed by atoms with Gasteiger partial charge in [-0.05, 0) is 105 Å². The fourth-order valence-corrected chi connectivity index (χ4v) is 10.3. The molecule has 0 spiro atoms. The van der Waals surface area contributed by atoms with Gasteiger partial charge in [-0.2, -0.15) is 0 Å². The second kappa shape index (κ2) is 13.3. The second-order valence-electron chi connectivity index (χ2n) is 17.0. The zero-order chi connectivity index (χ0) is 42.0. The summed E-state index contributed by atoms with van der Waals surface area (Å²) in [5, 5.41) is 13.9. The molecule has 0 radical (unpaired) electrons. The van der Waals surface area contributed by atoms with Gasteiger partial charge in [-0.1, -0.05) is 127 Å². The Labute approximate surface area is 366 Å². The van der Waals surface area contributed by atoms with E-state index in [1.54, 1.807) is 0 Å². The normalized spacial score (nSPS) is 14.6. The van der Waals surface area contributed by atoms with E-state index in [2.05, 4.69) is 186 Å². The van der Waals surface area contributed by atoms with Crippen LogP contribution >= 0.6 is 0 Å². The van der Waals surface area contributed by atoms with E-state index in [0.717, 1.165) is 82.9 Å². The van der Waals surface area contributed by atoms with Crippen molar-refractivity contribution in [3.8, 4) is 5.69 Å². The average molecular weight is 821 g/mol. The van der Waals surface area contributed by atoms with E-state index < -0.39 is 0 Å². The molecular weight excluding hydrogens is 785 g/mol. The predicted molar refractivity (Wildman–Crippen MR) is 264 cm³/mol. The first-order chi connectivity index (χ1) is 31.6. The zero-order valence-electron chi connectivity index (χ0n) is 34.7. The molecule has 10 aromatic carbocycles. The molecule has 4 heterocycles. The summed E-state index contributed by atoms with van der Waals surface area (Å²) in [4.78, 5) is 12.8. The van der Waals surface area contributed by atoms with Gasteiger partial charge in [0.15, 0.2) is 5.84 Å². The molecule has 0 fully saturated rings. The van der Waals surface area contributed by atoms with Crippen molar-refractivity contribution in [2.75, 3.05) is 7.05 Å². The summed E-state index contributed by atoms with van der Waals surface area (Å²) >= 11 is 0. The summed E-state index contributed by atoms with van der Waals surface area (Å²) in [7, 11) is 2.08. The van der Waals surface area contributed by atoms with Gasteiger partial charge < -0.3 is 18.3 Å². The molecule has 6 heteroatoms. The second-order valence-corrected chi connectivity index (χ2v) is 17.0. The molecule has 13 aromatic rings. The maximum absolute atomic E-state index is 6.60. The highest BCUT2D eigenvalue weighted by atomic mass is 16.3. The maximum Gasteiger partial charge on any atom is 0.163 e. The first-order valence-electron chi connectivity index (χ1n) is 21.7. The third kappa shape index (κ3) is 5.14. The number of aliphatic imine (C=N–C) groups is 2. The number of fused-ring (bicyclic) bond motifs is 13. The highest BCUT2D eigenvalue weighted by Crippen LogP contribution is 2.41. The Kier molecular flexibility index (Phi) is 7.28. The van der Waals surface area contributed by atoms with Crippen LogP contribution < -0.4 is 0 Å². The van der Waals surface area contributed by atoms with Gasteiger partial charge in [0.1, 0.15) is 34.3 Å². The molecule has 1 unspecified atom stereocenters. The SMILES string of the molecule is CN1C(c2ccc3c(ccc4oc5ccc(-n6c7cc8ccccc8cc7c7cc8ccccc8cc76)cc5c43)c2)=NC(c2cccc3c2oc2ccccc23)=NC1c1ccccc1.